The zero-order chi connectivity index (χ0) is 18.1. The molecule has 0 atom stereocenters. The van der Waals surface area contributed by atoms with Crippen molar-refractivity contribution >= 4 is 45.0 Å². The first-order valence-electron chi connectivity index (χ1n) is 8.73. The van der Waals surface area contributed by atoms with Crippen LogP contribution in [0, 0.1) is 0 Å². The lowest BCUT2D eigenvalue weighted by molar-refractivity contribution is 0.748. The minimum atomic E-state index is 0.625. The van der Waals surface area contributed by atoms with Crippen LogP contribution in [0.3, 0.4) is 0 Å². The molecular weight excluding hydrogens is 365 g/mol. The molecule has 3 N–H and O–H groups in total. The summed E-state index contributed by atoms with van der Waals surface area (Å²) in [6.07, 6.45) is 4.71. The number of hydrogen-bond acceptors (Lipinski definition) is 2. The molecule has 2 heterocycles. The Morgan fingerprint density at radius 2 is 1.88 bits per heavy atom. The number of nitrogens with one attached hydrogen (secondary N) is 1. The summed E-state index contributed by atoms with van der Waals surface area (Å²) in [7, 11) is 0. The molecule has 4 aromatic rings. The maximum Gasteiger partial charge on any atom is 0.0795 e. The highest BCUT2D eigenvalue weighted by atomic mass is 35.5. The highest BCUT2D eigenvalue weighted by Gasteiger charge is 2.18. The Morgan fingerprint density at radius 3 is 2.73 bits per heavy atom. The van der Waals surface area contributed by atoms with Gasteiger partial charge in [-0.3, -0.25) is 4.98 Å². The molecule has 5 heteroatoms. The molecule has 26 heavy (non-hydrogen) atoms. The van der Waals surface area contributed by atoms with Crippen LogP contribution >= 0.6 is 23.2 Å². The smallest absolute Gasteiger partial charge is 0.0795 e. The lowest BCUT2D eigenvalue weighted by atomic mass is 9.98. The predicted octanol–water partition coefficient (Wildman–Crippen LogP) is 5.97. The summed E-state index contributed by atoms with van der Waals surface area (Å²) >= 11 is 12.8. The molecule has 0 aliphatic carbocycles. The van der Waals surface area contributed by atoms with Crippen LogP contribution in [-0.4, -0.2) is 16.5 Å². The van der Waals surface area contributed by atoms with Crippen molar-refractivity contribution in [3.63, 3.8) is 0 Å². The molecule has 0 amide bonds. The van der Waals surface area contributed by atoms with Gasteiger partial charge in [0.2, 0.25) is 0 Å². The van der Waals surface area contributed by atoms with Gasteiger partial charge in [-0.2, -0.15) is 0 Å². The summed E-state index contributed by atoms with van der Waals surface area (Å²) in [5, 5.41) is 3.45. The van der Waals surface area contributed by atoms with Crippen molar-refractivity contribution in [2.75, 3.05) is 6.54 Å². The zero-order valence-electron chi connectivity index (χ0n) is 14.2. The Morgan fingerprint density at radius 1 is 1.04 bits per heavy atom. The van der Waals surface area contributed by atoms with E-state index in [0.29, 0.717) is 16.6 Å². The van der Waals surface area contributed by atoms with Crippen LogP contribution in [-0.2, 0) is 6.42 Å². The van der Waals surface area contributed by atoms with Crippen LogP contribution in [0.2, 0.25) is 10.0 Å². The zero-order valence-corrected chi connectivity index (χ0v) is 15.7. The second kappa shape index (κ2) is 7.28. The highest BCUT2D eigenvalue weighted by molar-refractivity contribution is 6.39. The first-order valence-corrected chi connectivity index (χ1v) is 9.48. The summed E-state index contributed by atoms with van der Waals surface area (Å²) in [5.41, 5.74) is 11.0. The van der Waals surface area contributed by atoms with E-state index in [-0.39, 0.29) is 0 Å². The number of fused-ring (bicyclic) bond motifs is 2. The van der Waals surface area contributed by atoms with Gasteiger partial charge < -0.3 is 10.7 Å². The summed E-state index contributed by atoms with van der Waals surface area (Å²) in [5.74, 6) is 0. The molecule has 0 bridgehead atoms. The number of aromatic nitrogens is 2. The van der Waals surface area contributed by atoms with E-state index in [1.54, 1.807) is 6.07 Å². The van der Waals surface area contributed by atoms with Gasteiger partial charge in [-0.25, -0.2) is 0 Å². The van der Waals surface area contributed by atoms with Crippen molar-refractivity contribution in [1.82, 2.24) is 9.97 Å². The van der Waals surface area contributed by atoms with E-state index in [4.69, 9.17) is 28.9 Å². The second-order valence-corrected chi connectivity index (χ2v) is 7.26. The molecule has 0 radical (unpaired) electrons. The van der Waals surface area contributed by atoms with E-state index in [1.165, 1.54) is 5.56 Å². The number of aryl methyl sites for hydroxylation is 1. The molecular formula is C21H19Cl2N3. The van der Waals surface area contributed by atoms with Gasteiger partial charge in [-0.1, -0.05) is 47.5 Å². The number of para-hydroxylation sites is 1. The molecule has 0 saturated heterocycles. The number of pyridine rings is 1. The van der Waals surface area contributed by atoms with Gasteiger partial charge in [0, 0.05) is 33.1 Å². The first kappa shape index (κ1) is 17.3. The average Bonchev–Trinajstić information content (AvgIpc) is 3.00. The number of halogens is 2. The molecule has 2 aromatic heterocycles. The van der Waals surface area contributed by atoms with Gasteiger partial charge in [0.15, 0.2) is 0 Å². The Labute approximate surface area is 162 Å². The van der Waals surface area contributed by atoms with Gasteiger partial charge in [-0.15, -0.1) is 0 Å². The Balaban J connectivity index is 1.98. The van der Waals surface area contributed by atoms with E-state index < -0.39 is 0 Å². The van der Waals surface area contributed by atoms with Gasteiger partial charge in [0.1, 0.15) is 0 Å². The van der Waals surface area contributed by atoms with Crippen LogP contribution in [0.25, 0.3) is 33.1 Å². The number of H-pyrrole nitrogens is 1. The third-order valence-electron chi connectivity index (χ3n) is 4.70. The fraction of sp³-hybridized carbons (Fsp3) is 0.190. The third-order valence-corrected chi connectivity index (χ3v) is 5.22. The molecule has 2 aromatic carbocycles. The predicted molar refractivity (Wildman–Crippen MR) is 111 cm³/mol. The van der Waals surface area contributed by atoms with E-state index in [1.807, 2.05) is 18.3 Å². The van der Waals surface area contributed by atoms with Crippen molar-refractivity contribution < 1.29 is 0 Å². The molecule has 0 aliphatic rings. The van der Waals surface area contributed by atoms with Crippen LogP contribution in [0.1, 0.15) is 18.4 Å². The van der Waals surface area contributed by atoms with Crippen molar-refractivity contribution in [1.29, 1.82) is 0 Å². The molecule has 3 nitrogen and oxygen atoms in total. The monoisotopic (exact) mass is 383 g/mol. The number of hydrogen-bond donors (Lipinski definition) is 2. The third kappa shape index (κ3) is 3.07. The van der Waals surface area contributed by atoms with Gasteiger partial charge >= 0.3 is 0 Å². The quantitative estimate of drug-likeness (QED) is 0.417. The van der Waals surface area contributed by atoms with Crippen LogP contribution in [0.4, 0.5) is 0 Å². The van der Waals surface area contributed by atoms with Gasteiger partial charge in [-0.05, 0) is 49.6 Å². The summed E-state index contributed by atoms with van der Waals surface area (Å²) < 4.78 is 0. The Kier molecular flexibility index (Phi) is 4.86. The normalized spacial score (nSPS) is 11.5. The summed E-state index contributed by atoms with van der Waals surface area (Å²) in [6, 6.07) is 14.0. The first-order chi connectivity index (χ1) is 12.7. The van der Waals surface area contributed by atoms with E-state index in [2.05, 4.69) is 34.2 Å². The molecule has 4 rings (SSSR count). The summed E-state index contributed by atoms with van der Waals surface area (Å²) in [4.78, 5) is 8.15. The van der Waals surface area contributed by atoms with E-state index in [9.17, 15) is 0 Å². The molecule has 0 saturated carbocycles. The number of rotatable bonds is 5. The Hall–Kier alpha value is -2.07. The number of unbranched alkanes of at least 4 members (excludes halogenated alkanes) is 1. The highest BCUT2D eigenvalue weighted by Crippen LogP contribution is 2.39. The van der Waals surface area contributed by atoms with Crippen molar-refractivity contribution in [2.45, 2.75) is 19.3 Å². The lowest BCUT2D eigenvalue weighted by Crippen LogP contribution is -1.99. The van der Waals surface area contributed by atoms with Crippen LogP contribution < -0.4 is 5.73 Å². The SMILES string of the molecule is NCCCCc1c(-c2cccc3cccnc23)[nH]c2cc(Cl)cc(Cl)c12. The van der Waals surface area contributed by atoms with Crippen LogP contribution in [0.5, 0.6) is 0 Å². The maximum absolute atomic E-state index is 6.55. The second-order valence-electron chi connectivity index (χ2n) is 6.42. The number of benzene rings is 2. The fourth-order valence-corrected chi connectivity index (χ4v) is 4.15. The van der Waals surface area contributed by atoms with Crippen molar-refractivity contribution in [3.8, 4) is 11.3 Å². The fourth-order valence-electron chi connectivity index (χ4n) is 3.55. The van der Waals surface area contributed by atoms with Gasteiger partial charge in [0.05, 0.1) is 16.2 Å². The largest absolute Gasteiger partial charge is 0.354 e. The molecule has 0 aliphatic heterocycles. The number of aromatic amines is 1. The van der Waals surface area contributed by atoms with E-state index >= 15 is 0 Å². The van der Waals surface area contributed by atoms with Crippen LogP contribution in [0.15, 0.2) is 48.7 Å². The lowest BCUT2D eigenvalue weighted by Gasteiger charge is -2.08. The molecule has 0 spiro atoms. The van der Waals surface area contributed by atoms with Crippen molar-refractivity contribution in [3.05, 3.63) is 64.3 Å². The minimum Gasteiger partial charge on any atom is -0.354 e. The molecule has 0 fully saturated rings. The summed E-state index contributed by atoms with van der Waals surface area (Å²) in [6.45, 7) is 0.688. The average molecular weight is 384 g/mol. The minimum absolute atomic E-state index is 0.625. The number of nitrogens with two attached hydrogens (primary N) is 1. The van der Waals surface area contributed by atoms with Gasteiger partial charge in [0.25, 0.3) is 0 Å². The topological polar surface area (TPSA) is 54.7 Å². The molecule has 132 valence electrons. The van der Waals surface area contributed by atoms with E-state index in [0.717, 1.165) is 52.3 Å². The standard InChI is InChI=1S/C21H19Cl2N3/c22-14-11-17(23)19-15(7-1-2-9-24)21(26-18(19)12-14)16-8-3-5-13-6-4-10-25-20(13)16/h3-6,8,10-12,26H,1-2,7,9,24H2. The Bertz CT molecular complexity index is 1080. The number of nitrogens with zero attached hydrogens (tertiary/aromatic N) is 1. The molecule has 0 unspecified atom stereocenters. The maximum atomic E-state index is 6.55. The van der Waals surface area contributed by atoms with Crippen molar-refractivity contribution in [2.24, 2.45) is 5.73 Å².